The second-order valence-corrected chi connectivity index (χ2v) is 7.36. The van der Waals surface area contributed by atoms with E-state index >= 15 is 0 Å². The van der Waals surface area contributed by atoms with E-state index in [9.17, 15) is 14.4 Å². The molecule has 1 fully saturated rings. The molecule has 1 rings (SSSR count). The van der Waals surface area contributed by atoms with Crippen molar-refractivity contribution in [1.82, 2.24) is 0 Å². The maximum absolute atomic E-state index is 13.2. The molecule has 7 nitrogen and oxygen atoms in total. The lowest BCUT2D eigenvalue weighted by Gasteiger charge is -2.28. The van der Waals surface area contributed by atoms with Crippen LogP contribution in [0.4, 0.5) is 0 Å². The first-order valence-corrected chi connectivity index (χ1v) is 11.2. The van der Waals surface area contributed by atoms with Crippen molar-refractivity contribution >= 4 is 17.7 Å². The van der Waals surface area contributed by atoms with E-state index in [1.165, 1.54) is 0 Å². The smallest absolute Gasteiger partial charge is 0.316 e. The van der Waals surface area contributed by atoms with Gasteiger partial charge in [-0.05, 0) is 65.7 Å². The van der Waals surface area contributed by atoms with Gasteiger partial charge in [-0.15, -0.1) is 0 Å². The molecule has 1 aliphatic rings. The first kappa shape index (κ1) is 26.3. The van der Waals surface area contributed by atoms with Crippen LogP contribution in [0.15, 0.2) is 12.2 Å². The highest BCUT2D eigenvalue weighted by molar-refractivity contribution is 6.08. The Kier molecular flexibility index (Phi) is 13.3. The molecule has 172 valence electrons. The highest BCUT2D eigenvalue weighted by Gasteiger charge is 2.37. The van der Waals surface area contributed by atoms with Gasteiger partial charge in [-0.2, -0.15) is 0 Å². The molecule has 0 N–H and O–H groups in total. The molecular weight excluding hydrogens is 388 g/mol. The van der Waals surface area contributed by atoms with Crippen LogP contribution in [0.3, 0.4) is 0 Å². The Bertz CT molecular complexity index is 552. The normalized spacial score (nSPS) is 19.8. The van der Waals surface area contributed by atoms with Crippen molar-refractivity contribution < 1.29 is 33.3 Å². The third kappa shape index (κ3) is 8.96. The zero-order valence-corrected chi connectivity index (χ0v) is 18.9. The van der Waals surface area contributed by atoms with E-state index in [1.807, 2.05) is 13.8 Å². The fourth-order valence-corrected chi connectivity index (χ4v) is 3.46. The summed E-state index contributed by atoms with van der Waals surface area (Å²) in [6.07, 6.45) is 7.80. The summed E-state index contributed by atoms with van der Waals surface area (Å²) in [7, 11) is 0. The lowest BCUT2D eigenvalue weighted by atomic mass is 9.86. The fourth-order valence-electron chi connectivity index (χ4n) is 3.46. The Balaban J connectivity index is 2.87. The van der Waals surface area contributed by atoms with Crippen molar-refractivity contribution in [2.75, 3.05) is 19.8 Å². The minimum Gasteiger partial charge on any atom is -0.465 e. The molecule has 0 saturated carbocycles. The standard InChI is InChI=1S/C23H38O7/c1-5-9-12-18(22(25)27-7-3)21(24)19(23(26)28-8-4)15-14-17(6-2)30-20-13-10-11-16-29-20/h5,9,17-20H,6-8,10-16H2,1-4H3/b9-5+/t17-,18?,19?,20?/m1/s1. The minimum atomic E-state index is -1.02. The van der Waals surface area contributed by atoms with Gasteiger partial charge in [0.1, 0.15) is 11.8 Å². The van der Waals surface area contributed by atoms with Crippen LogP contribution in [-0.2, 0) is 33.3 Å². The molecule has 7 heteroatoms. The molecule has 0 radical (unpaired) electrons. The molecule has 30 heavy (non-hydrogen) atoms. The van der Waals surface area contributed by atoms with Crippen molar-refractivity contribution in [3.05, 3.63) is 12.2 Å². The van der Waals surface area contributed by atoms with E-state index in [0.717, 1.165) is 25.7 Å². The quantitative estimate of drug-likeness (QED) is 0.236. The number of allylic oxidation sites excluding steroid dienone is 2. The van der Waals surface area contributed by atoms with Gasteiger partial charge in [-0.1, -0.05) is 19.1 Å². The molecule has 1 heterocycles. The van der Waals surface area contributed by atoms with E-state index in [1.54, 1.807) is 26.0 Å². The van der Waals surface area contributed by atoms with Crippen LogP contribution in [0.5, 0.6) is 0 Å². The fraction of sp³-hybridized carbons (Fsp3) is 0.783. The zero-order valence-electron chi connectivity index (χ0n) is 18.9. The number of rotatable bonds is 14. The maximum atomic E-state index is 13.2. The number of Topliss-reactive ketones (excluding diaryl/α,β-unsaturated/α-hetero) is 1. The lowest BCUT2D eigenvalue weighted by molar-refractivity contribution is -0.190. The van der Waals surface area contributed by atoms with Crippen LogP contribution in [0.2, 0.25) is 0 Å². The van der Waals surface area contributed by atoms with Crippen molar-refractivity contribution in [1.29, 1.82) is 0 Å². The van der Waals surface area contributed by atoms with Gasteiger partial charge in [0.25, 0.3) is 0 Å². The number of esters is 2. The molecule has 0 spiro atoms. The molecule has 0 bridgehead atoms. The van der Waals surface area contributed by atoms with Gasteiger partial charge in [-0.3, -0.25) is 14.4 Å². The lowest BCUT2D eigenvalue weighted by Crippen LogP contribution is -2.37. The molecule has 3 unspecified atom stereocenters. The van der Waals surface area contributed by atoms with Crippen molar-refractivity contribution in [3.63, 3.8) is 0 Å². The predicted molar refractivity (Wildman–Crippen MR) is 113 cm³/mol. The first-order valence-electron chi connectivity index (χ1n) is 11.2. The van der Waals surface area contributed by atoms with Gasteiger partial charge in [0.2, 0.25) is 0 Å². The van der Waals surface area contributed by atoms with Crippen LogP contribution < -0.4 is 0 Å². The van der Waals surface area contributed by atoms with Crippen LogP contribution in [0.25, 0.3) is 0 Å². The highest BCUT2D eigenvalue weighted by atomic mass is 16.7. The van der Waals surface area contributed by atoms with E-state index in [0.29, 0.717) is 13.0 Å². The summed E-state index contributed by atoms with van der Waals surface area (Å²) in [6.45, 7) is 8.24. The first-order chi connectivity index (χ1) is 14.5. The summed E-state index contributed by atoms with van der Waals surface area (Å²) in [4.78, 5) is 38.1. The zero-order chi connectivity index (χ0) is 22.4. The number of carbonyl (C=O) groups excluding carboxylic acids is 3. The number of ketones is 1. The molecule has 4 atom stereocenters. The average molecular weight is 427 g/mol. The van der Waals surface area contributed by atoms with Gasteiger partial charge in [0, 0.05) is 6.61 Å². The molecule has 0 aromatic heterocycles. The van der Waals surface area contributed by atoms with E-state index < -0.39 is 29.6 Å². The average Bonchev–Trinajstić information content (AvgIpc) is 2.74. The topological polar surface area (TPSA) is 88.1 Å². The van der Waals surface area contributed by atoms with Gasteiger partial charge in [-0.25, -0.2) is 0 Å². The third-order valence-corrected chi connectivity index (χ3v) is 5.15. The Morgan fingerprint density at radius 1 is 1.00 bits per heavy atom. The SMILES string of the molecule is C/C=C/CC(C(=O)OCC)C(=O)C(CC[C@@H](CC)OC1CCCCO1)C(=O)OCC. The van der Waals surface area contributed by atoms with Crippen LogP contribution in [-0.4, -0.2) is 49.9 Å². The second-order valence-electron chi connectivity index (χ2n) is 7.36. The van der Waals surface area contributed by atoms with Crippen molar-refractivity contribution in [2.45, 2.75) is 85.0 Å². The minimum absolute atomic E-state index is 0.130. The number of carbonyl (C=O) groups is 3. The van der Waals surface area contributed by atoms with Gasteiger partial charge < -0.3 is 18.9 Å². The summed E-state index contributed by atoms with van der Waals surface area (Å²) in [5.74, 6) is -3.68. The second kappa shape index (κ2) is 15.1. The Morgan fingerprint density at radius 3 is 2.20 bits per heavy atom. The molecule has 1 saturated heterocycles. The van der Waals surface area contributed by atoms with E-state index in [4.69, 9.17) is 18.9 Å². The Labute approximate surface area is 180 Å². The monoisotopic (exact) mass is 426 g/mol. The summed E-state index contributed by atoms with van der Waals surface area (Å²) in [5, 5.41) is 0. The van der Waals surface area contributed by atoms with Crippen molar-refractivity contribution in [3.8, 4) is 0 Å². The van der Waals surface area contributed by atoms with Crippen LogP contribution >= 0.6 is 0 Å². The Morgan fingerprint density at radius 2 is 1.67 bits per heavy atom. The third-order valence-electron chi connectivity index (χ3n) is 5.15. The predicted octanol–water partition coefficient (Wildman–Crippen LogP) is 3.98. The Hall–Kier alpha value is -1.73. The van der Waals surface area contributed by atoms with Crippen LogP contribution in [0.1, 0.15) is 72.6 Å². The van der Waals surface area contributed by atoms with E-state index in [2.05, 4.69) is 0 Å². The number of hydrogen-bond acceptors (Lipinski definition) is 7. The summed E-state index contributed by atoms with van der Waals surface area (Å²) in [5.41, 5.74) is 0. The number of ether oxygens (including phenoxy) is 4. The number of hydrogen-bond donors (Lipinski definition) is 0. The maximum Gasteiger partial charge on any atom is 0.316 e. The summed E-state index contributed by atoms with van der Waals surface area (Å²) >= 11 is 0. The van der Waals surface area contributed by atoms with Gasteiger partial charge in [0.15, 0.2) is 12.1 Å². The summed E-state index contributed by atoms with van der Waals surface area (Å²) < 4.78 is 21.9. The molecule has 0 aliphatic carbocycles. The molecule has 0 aromatic carbocycles. The van der Waals surface area contributed by atoms with Gasteiger partial charge >= 0.3 is 11.9 Å². The van der Waals surface area contributed by atoms with Gasteiger partial charge in [0.05, 0.1) is 19.3 Å². The molecule has 0 aromatic rings. The summed E-state index contributed by atoms with van der Waals surface area (Å²) in [6, 6.07) is 0. The van der Waals surface area contributed by atoms with E-state index in [-0.39, 0.29) is 38.4 Å². The molecular formula is C23H38O7. The van der Waals surface area contributed by atoms with Crippen molar-refractivity contribution in [2.24, 2.45) is 11.8 Å². The molecule has 1 aliphatic heterocycles. The van der Waals surface area contributed by atoms with Crippen LogP contribution in [0, 0.1) is 11.8 Å². The highest BCUT2D eigenvalue weighted by Crippen LogP contribution is 2.24. The largest absolute Gasteiger partial charge is 0.465 e. The molecule has 0 amide bonds.